The van der Waals surface area contributed by atoms with E-state index in [0.717, 1.165) is 0 Å². The summed E-state index contributed by atoms with van der Waals surface area (Å²) in [5.74, 6) is 0.0991. The number of ether oxygens (including phenoxy) is 1. The van der Waals surface area contributed by atoms with E-state index in [1.54, 1.807) is 36.4 Å². The highest BCUT2D eigenvalue weighted by atomic mass is 35.5. The minimum atomic E-state index is -4.37. The first kappa shape index (κ1) is 18.8. The van der Waals surface area contributed by atoms with Gasteiger partial charge in [0.2, 0.25) is 5.90 Å². The number of methoxy groups -OCH3 is 1. The number of pyridine rings is 1. The molecule has 0 bridgehead atoms. The number of aromatic nitrogens is 1. The zero-order valence-electron chi connectivity index (χ0n) is 13.3. The van der Waals surface area contributed by atoms with Crippen molar-refractivity contribution in [2.24, 2.45) is 4.99 Å². The Morgan fingerprint density at radius 2 is 2.08 bits per heavy atom. The van der Waals surface area contributed by atoms with Crippen LogP contribution in [0, 0.1) is 0 Å². The van der Waals surface area contributed by atoms with Gasteiger partial charge >= 0.3 is 6.18 Å². The highest BCUT2D eigenvalue weighted by Crippen LogP contribution is 2.22. The van der Waals surface area contributed by atoms with Gasteiger partial charge in [-0.25, -0.2) is 9.98 Å². The van der Waals surface area contributed by atoms with Crippen molar-refractivity contribution in [3.63, 3.8) is 0 Å². The van der Waals surface area contributed by atoms with Crippen LogP contribution >= 0.6 is 11.6 Å². The number of hydrogen-bond acceptors (Lipinski definition) is 4. The van der Waals surface area contributed by atoms with Gasteiger partial charge in [0.1, 0.15) is 12.4 Å². The van der Waals surface area contributed by atoms with Gasteiger partial charge in [0.05, 0.1) is 18.4 Å². The van der Waals surface area contributed by atoms with Crippen molar-refractivity contribution in [2.45, 2.75) is 6.18 Å². The van der Waals surface area contributed by atoms with Crippen LogP contribution in [0.5, 0.6) is 0 Å². The number of aliphatic imine (C=N–C) groups is 1. The number of nitrogens with one attached hydrogen (secondary N) is 1. The predicted octanol–water partition coefficient (Wildman–Crippen LogP) is 4.77. The molecule has 4 nitrogen and oxygen atoms in total. The van der Waals surface area contributed by atoms with Gasteiger partial charge in [-0.05, 0) is 24.3 Å². The third kappa shape index (κ3) is 5.49. The van der Waals surface area contributed by atoms with Gasteiger partial charge in [0.25, 0.3) is 0 Å². The van der Waals surface area contributed by atoms with Crippen LogP contribution < -0.4 is 5.32 Å². The Hall–Kier alpha value is -2.54. The van der Waals surface area contributed by atoms with Crippen LogP contribution in [-0.4, -0.2) is 30.7 Å². The minimum absolute atomic E-state index is 0.0133. The summed E-state index contributed by atoms with van der Waals surface area (Å²) in [4.78, 5) is 8.18. The van der Waals surface area contributed by atoms with Crippen molar-refractivity contribution in [3.05, 3.63) is 65.3 Å². The number of benzene rings is 1. The van der Waals surface area contributed by atoms with Gasteiger partial charge in [0, 0.05) is 16.8 Å². The van der Waals surface area contributed by atoms with Crippen LogP contribution in [0.4, 0.5) is 19.0 Å². The van der Waals surface area contributed by atoms with E-state index in [2.05, 4.69) is 21.9 Å². The van der Waals surface area contributed by atoms with E-state index in [9.17, 15) is 13.2 Å². The maximum Gasteiger partial charge on any atom is 0.405 e. The van der Waals surface area contributed by atoms with E-state index in [1.807, 2.05) is 0 Å². The SMILES string of the molecule is C=C(N=C(OC)c1cccnc1NCC(F)(F)F)c1cccc(Cl)c1. The Bertz CT molecular complexity index is 791. The van der Waals surface area contributed by atoms with E-state index in [-0.39, 0.29) is 17.3 Å². The summed E-state index contributed by atoms with van der Waals surface area (Å²) < 4.78 is 42.6. The smallest absolute Gasteiger partial charge is 0.405 e. The first-order valence-corrected chi connectivity index (χ1v) is 7.51. The molecule has 0 saturated carbocycles. The third-order valence-corrected chi connectivity index (χ3v) is 3.32. The molecule has 1 aromatic heterocycles. The molecule has 0 aliphatic carbocycles. The molecule has 0 radical (unpaired) electrons. The highest BCUT2D eigenvalue weighted by molar-refractivity contribution is 6.30. The van der Waals surface area contributed by atoms with Gasteiger partial charge in [-0.1, -0.05) is 30.3 Å². The van der Waals surface area contributed by atoms with E-state index in [0.29, 0.717) is 16.3 Å². The van der Waals surface area contributed by atoms with Crippen molar-refractivity contribution in [1.82, 2.24) is 4.98 Å². The Labute approximate surface area is 148 Å². The highest BCUT2D eigenvalue weighted by Gasteiger charge is 2.27. The summed E-state index contributed by atoms with van der Waals surface area (Å²) in [5.41, 5.74) is 1.30. The normalized spacial score (nSPS) is 12.0. The third-order valence-electron chi connectivity index (χ3n) is 3.08. The number of halogens is 4. The summed E-state index contributed by atoms with van der Waals surface area (Å²) in [6, 6.07) is 10.0. The van der Waals surface area contributed by atoms with Gasteiger partial charge < -0.3 is 10.1 Å². The lowest BCUT2D eigenvalue weighted by atomic mass is 10.2. The standard InChI is InChI=1S/C17H15ClF3N3O/c1-11(12-5-3-6-13(18)9-12)24-16(25-2)14-7-4-8-22-15(14)23-10-17(19,20)21/h3-9H,1,10H2,2H3,(H,22,23). The molecule has 0 aliphatic rings. The van der Waals surface area contributed by atoms with Crippen LogP contribution in [0.3, 0.4) is 0 Å². The molecule has 0 atom stereocenters. The molecule has 25 heavy (non-hydrogen) atoms. The van der Waals surface area contributed by atoms with Crippen LogP contribution in [0.25, 0.3) is 5.70 Å². The van der Waals surface area contributed by atoms with E-state index in [1.165, 1.54) is 13.3 Å². The second-order valence-corrected chi connectivity index (χ2v) is 5.38. The maximum absolute atomic E-state index is 12.4. The summed E-state index contributed by atoms with van der Waals surface area (Å²) in [6.45, 7) is 2.63. The second-order valence-electron chi connectivity index (χ2n) is 4.95. The van der Waals surface area contributed by atoms with Crippen LogP contribution in [0.1, 0.15) is 11.1 Å². The molecule has 0 unspecified atom stereocenters. The molecule has 1 aromatic carbocycles. The number of anilines is 1. The number of nitrogens with zero attached hydrogens (tertiary/aromatic N) is 2. The quantitative estimate of drug-likeness (QED) is 0.609. The minimum Gasteiger partial charge on any atom is -0.480 e. The number of rotatable bonds is 5. The van der Waals surface area contributed by atoms with Crippen LogP contribution in [0.2, 0.25) is 5.02 Å². The van der Waals surface area contributed by atoms with Crippen LogP contribution in [-0.2, 0) is 4.74 Å². The van der Waals surface area contributed by atoms with Crippen molar-refractivity contribution in [3.8, 4) is 0 Å². The van der Waals surface area contributed by atoms with E-state index >= 15 is 0 Å². The van der Waals surface area contributed by atoms with E-state index in [4.69, 9.17) is 16.3 Å². The molecule has 0 saturated heterocycles. The van der Waals surface area contributed by atoms with Crippen molar-refractivity contribution in [2.75, 3.05) is 19.0 Å². The first-order chi connectivity index (χ1) is 11.8. The fourth-order valence-electron chi connectivity index (χ4n) is 1.97. The fourth-order valence-corrected chi connectivity index (χ4v) is 2.16. The van der Waals surface area contributed by atoms with Gasteiger partial charge in [0.15, 0.2) is 0 Å². The molecule has 1 N–H and O–H groups in total. The Morgan fingerprint density at radius 1 is 1.32 bits per heavy atom. The van der Waals surface area contributed by atoms with Gasteiger partial charge in [-0.15, -0.1) is 0 Å². The summed E-state index contributed by atoms with van der Waals surface area (Å²) >= 11 is 5.94. The molecule has 0 aliphatic heterocycles. The molecule has 0 fully saturated rings. The summed E-state index contributed by atoms with van der Waals surface area (Å²) in [6.07, 6.45) is -3.00. The Kier molecular flexibility index (Phi) is 6.03. The van der Waals surface area contributed by atoms with E-state index < -0.39 is 12.7 Å². The molecule has 2 aromatic rings. The van der Waals surface area contributed by atoms with Crippen molar-refractivity contribution in [1.29, 1.82) is 0 Å². The van der Waals surface area contributed by atoms with Crippen molar-refractivity contribution >= 4 is 29.0 Å². The molecule has 0 spiro atoms. The molecule has 8 heteroatoms. The molecular weight excluding hydrogens is 355 g/mol. The largest absolute Gasteiger partial charge is 0.480 e. The molecule has 0 amide bonds. The fraction of sp³-hybridized carbons (Fsp3) is 0.176. The lowest BCUT2D eigenvalue weighted by Gasteiger charge is -2.13. The molecule has 132 valence electrons. The van der Waals surface area contributed by atoms with Gasteiger partial charge in [-0.3, -0.25) is 0 Å². The van der Waals surface area contributed by atoms with Crippen LogP contribution in [0.15, 0.2) is 54.2 Å². The Balaban J connectivity index is 2.32. The average molecular weight is 370 g/mol. The molecule has 1 heterocycles. The zero-order valence-corrected chi connectivity index (χ0v) is 14.0. The zero-order chi connectivity index (χ0) is 18.4. The van der Waals surface area contributed by atoms with Crippen molar-refractivity contribution < 1.29 is 17.9 Å². The molecule has 2 rings (SSSR count). The predicted molar refractivity (Wildman–Crippen MR) is 92.8 cm³/mol. The lowest BCUT2D eigenvalue weighted by molar-refractivity contribution is -0.115. The number of alkyl halides is 3. The maximum atomic E-state index is 12.4. The summed E-state index contributed by atoms with van der Waals surface area (Å²) in [5, 5.41) is 2.76. The number of hydrogen-bond donors (Lipinski definition) is 1. The topological polar surface area (TPSA) is 46.5 Å². The second kappa shape index (κ2) is 8.02. The molecular formula is C17H15ClF3N3O. The Morgan fingerprint density at radius 3 is 2.72 bits per heavy atom. The monoisotopic (exact) mass is 369 g/mol. The summed E-state index contributed by atoms with van der Waals surface area (Å²) in [7, 11) is 1.37. The van der Waals surface area contributed by atoms with Gasteiger partial charge in [-0.2, -0.15) is 13.2 Å². The average Bonchev–Trinajstić information content (AvgIpc) is 2.57. The lowest BCUT2D eigenvalue weighted by Crippen LogP contribution is -2.23. The first-order valence-electron chi connectivity index (χ1n) is 7.13.